The van der Waals surface area contributed by atoms with Crippen molar-refractivity contribution in [1.29, 1.82) is 0 Å². The third-order valence-electron chi connectivity index (χ3n) is 3.06. The molecule has 2 aromatic rings. The number of ether oxygens (including phenoxy) is 1. The van der Waals surface area contributed by atoms with Gasteiger partial charge in [0.05, 0.1) is 10.7 Å². The van der Waals surface area contributed by atoms with E-state index in [1.165, 1.54) is 36.5 Å². The number of carbonyl (C=O) groups is 1. The molecule has 1 aromatic carbocycles. The fourth-order valence-corrected chi connectivity index (χ4v) is 3.01. The van der Waals surface area contributed by atoms with E-state index in [1.807, 2.05) is 6.92 Å². The molecule has 0 spiro atoms. The number of nitro groups is 1. The summed E-state index contributed by atoms with van der Waals surface area (Å²) in [6.07, 6.45) is 1.61. The summed E-state index contributed by atoms with van der Waals surface area (Å²) in [7, 11) is -3.52. The standard InChI is InChI=1S/C14H16N4O6S/c1-2-3-10-25(22,23)16-13-8-9-17(15-13)14(19)24-12-6-4-11(5-7-12)18(20)21/h4-9H,2-3,10H2,1H3,(H,15,16). The number of nitro benzene ring substituents is 1. The first-order valence-corrected chi connectivity index (χ1v) is 8.99. The van der Waals surface area contributed by atoms with Crippen LogP contribution in [0.25, 0.3) is 0 Å². The van der Waals surface area contributed by atoms with E-state index < -0.39 is 21.0 Å². The van der Waals surface area contributed by atoms with Gasteiger partial charge in [0.1, 0.15) is 5.75 Å². The molecule has 0 fully saturated rings. The van der Waals surface area contributed by atoms with Gasteiger partial charge in [0, 0.05) is 24.4 Å². The Hall–Kier alpha value is -2.95. The number of sulfonamides is 1. The van der Waals surface area contributed by atoms with Crippen molar-refractivity contribution in [2.75, 3.05) is 10.5 Å². The number of nitrogens with zero attached hydrogens (tertiary/aromatic N) is 3. The van der Waals surface area contributed by atoms with E-state index in [9.17, 15) is 23.3 Å². The van der Waals surface area contributed by atoms with Crippen LogP contribution in [0.5, 0.6) is 5.75 Å². The van der Waals surface area contributed by atoms with Crippen molar-refractivity contribution in [3.05, 3.63) is 46.6 Å². The molecule has 0 atom stereocenters. The van der Waals surface area contributed by atoms with Crippen molar-refractivity contribution in [2.45, 2.75) is 19.8 Å². The minimum absolute atomic E-state index is 0.00301. The quantitative estimate of drug-likeness (QED) is 0.586. The zero-order valence-electron chi connectivity index (χ0n) is 13.3. The van der Waals surface area contributed by atoms with Crippen molar-refractivity contribution < 1.29 is 22.9 Å². The summed E-state index contributed by atoms with van der Waals surface area (Å²) in [4.78, 5) is 21.9. The Labute approximate surface area is 143 Å². The first kappa shape index (κ1) is 18.4. The van der Waals surface area contributed by atoms with Crippen molar-refractivity contribution >= 4 is 27.6 Å². The van der Waals surface area contributed by atoms with E-state index in [0.717, 1.165) is 11.1 Å². The number of unbranched alkanes of at least 4 members (excludes halogenated alkanes) is 1. The number of anilines is 1. The summed E-state index contributed by atoms with van der Waals surface area (Å²) in [5, 5.41) is 14.4. The van der Waals surface area contributed by atoms with Crippen LogP contribution in [0.2, 0.25) is 0 Å². The smallest absolute Gasteiger partial charge is 0.409 e. The summed E-state index contributed by atoms with van der Waals surface area (Å²) < 4.78 is 31.7. The van der Waals surface area contributed by atoms with Crippen molar-refractivity contribution in [3.63, 3.8) is 0 Å². The summed E-state index contributed by atoms with van der Waals surface area (Å²) in [5.74, 6) is 0.0526. The highest BCUT2D eigenvalue weighted by molar-refractivity contribution is 7.92. The molecule has 2 rings (SSSR count). The van der Waals surface area contributed by atoms with E-state index in [2.05, 4.69) is 9.82 Å². The van der Waals surface area contributed by atoms with Crippen LogP contribution in [-0.2, 0) is 10.0 Å². The maximum Gasteiger partial charge on any atom is 0.440 e. The lowest BCUT2D eigenvalue weighted by Gasteiger charge is -2.05. The van der Waals surface area contributed by atoms with Gasteiger partial charge in [-0.25, -0.2) is 13.2 Å². The largest absolute Gasteiger partial charge is 0.440 e. The van der Waals surface area contributed by atoms with Crippen LogP contribution in [0.3, 0.4) is 0 Å². The van der Waals surface area contributed by atoms with E-state index in [4.69, 9.17) is 4.74 Å². The van der Waals surface area contributed by atoms with Gasteiger partial charge in [0.15, 0.2) is 5.82 Å². The van der Waals surface area contributed by atoms with Crippen LogP contribution in [0.15, 0.2) is 36.5 Å². The van der Waals surface area contributed by atoms with E-state index in [0.29, 0.717) is 6.42 Å². The molecule has 10 nitrogen and oxygen atoms in total. The Balaban J connectivity index is 2.01. The molecule has 134 valence electrons. The first-order chi connectivity index (χ1) is 11.8. The van der Waals surface area contributed by atoms with Gasteiger partial charge >= 0.3 is 6.09 Å². The average molecular weight is 368 g/mol. The molecule has 0 aliphatic rings. The molecule has 1 heterocycles. The van der Waals surface area contributed by atoms with Crippen molar-refractivity contribution in [1.82, 2.24) is 9.78 Å². The Kier molecular flexibility index (Phi) is 5.70. The van der Waals surface area contributed by atoms with Gasteiger partial charge in [-0.05, 0) is 18.6 Å². The van der Waals surface area contributed by atoms with E-state index in [-0.39, 0.29) is 23.0 Å². The molecule has 0 saturated heterocycles. The fourth-order valence-electron chi connectivity index (χ4n) is 1.81. The lowest BCUT2D eigenvalue weighted by molar-refractivity contribution is -0.384. The average Bonchev–Trinajstić information content (AvgIpc) is 3.01. The lowest BCUT2D eigenvalue weighted by Crippen LogP contribution is -2.19. The maximum absolute atomic E-state index is 12.0. The number of non-ortho nitro benzene ring substituents is 1. The maximum atomic E-state index is 12.0. The molecule has 0 amide bonds. The lowest BCUT2D eigenvalue weighted by atomic mass is 10.3. The van der Waals surface area contributed by atoms with Gasteiger partial charge in [0.2, 0.25) is 10.0 Å². The highest BCUT2D eigenvalue weighted by Gasteiger charge is 2.15. The summed E-state index contributed by atoms with van der Waals surface area (Å²) in [5.41, 5.74) is -0.136. The first-order valence-electron chi connectivity index (χ1n) is 7.33. The van der Waals surface area contributed by atoms with Crippen LogP contribution >= 0.6 is 0 Å². The molecule has 0 radical (unpaired) electrons. The van der Waals surface area contributed by atoms with Crippen LogP contribution in [0.4, 0.5) is 16.3 Å². The summed E-state index contributed by atoms with van der Waals surface area (Å²) in [6.45, 7) is 1.87. The van der Waals surface area contributed by atoms with Gasteiger partial charge in [-0.15, -0.1) is 5.10 Å². The number of hydrogen-bond acceptors (Lipinski definition) is 7. The molecule has 0 aliphatic carbocycles. The Morgan fingerprint density at radius 3 is 2.60 bits per heavy atom. The number of benzene rings is 1. The Morgan fingerprint density at radius 2 is 2.00 bits per heavy atom. The zero-order valence-corrected chi connectivity index (χ0v) is 14.1. The van der Waals surface area contributed by atoms with Crippen LogP contribution < -0.4 is 9.46 Å². The number of hydrogen-bond donors (Lipinski definition) is 1. The molecule has 25 heavy (non-hydrogen) atoms. The molecule has 1 aromatic heterocycles. The third kappa shape index (κ3) is 5.28. The van der Waals surface area contributed by atoms with Gasteiger partial charge in [-0.3, -0.25) is 14.8 Å². The number of carbonyl (C=O) groups excluding carboxylic acids is 1. The highest BCUT2D eigenvalue weighted by atomic mass is 32.2. The molecule has 11 heteroatoms. The molecule has 0 unspecified atom stereocenters. The van der Waals surface area contributed by atoms with E-state index >= 15 is 0 Å². The van der Waals surface area contributed by atoms with Gasteiger partial charge < -0.3 is 4.74 Å². The van der Waals surface area contributed by atoms with Crippen LogP contribution in [0.1, 0.15) is 19.8 Å². The zero-order chi connectivity index (χ0) is 18.4. The van der Waals surface area contributed by atoms with Crippen molar-refractivity contribution in [3.8, 4) is 5.75 Å². The van der Waals surface area contributed by atoms with Crippen LogP contribution in [0, 0.1) is 10.1 Å². The van der Waals surface area contributed by atoms with E-state index in [1.54, 1.807) is 0 Å². The molecule has 0 bridgehead atoms. The number of aromatic nitrogens is 2. The predicted octanol–water partition coefficient (Wildman–Crippen LogP) is 2.38. The number of nitrogens with one attached hydrogen (secondary N) is 1. The Bertz CT molecular complexity index is 860. The van der Waals surface area contributed by atoms with Crippen molar-refractivity contribution in [2.24, 2.45) is 0 Å². The topological polar surface area (TPSA) is 133 Å². The highest BCUT2D eigenvalue weighted by Crippen LogP contribution is 2.18. The second-order valence-electron chi connectivity index (χ2n) is 5.04. The second-order valence-corrected chi connectivity index (χ2v) is 6.88. The third-order valence-corrected chi connectivity index (χ3v) is 4.40. The van der Waals surface area contributed by atoms with Crippen LogP contribution in [-0.4, -0.2) is 35.0 Å². The SMILES string of the molecule is CCCCS(=O)(=O)Nc1ccn(C(=O)Oc2ccc([N+](=O)[O-])cc2)n1. The molecule has 0 aliphatic heterocycles. The molecular formula is C14H16N4O6S. The summed E-state index contributed by atoms with van der Waals surface area (Å²) >= 11 is 0. The number of rotatable bonds is 7. The van der Waals surface area contributed by atoms with Gasteiger partial charge in [-0.1, -0.05) is 13.3 Å². The predicted molar refractivity (Wildman–Crippen MR) is 89.1 cm³/mol. The summed E-state index contributed by atoms with van der Waals surface area (Å²) in [6, 6.07) is 6.25. The second kappa shape index (κ2) is 7.75. The molecular weight excluding hydrogens is 352 g/mol. The van der Waals surface area contributed by atoms with Gasteiger partial charge in [-0.2, -0.15) is 4.68 Å². The monoisotopic (exact) mass is 368 g/mol. The minimum Gasteiger partial charge on any atom is -0.409 e. The fraction of sp³-hybridized carbons (Fsp3) is 0.286. The normalized spacial score (nSPS) is 11.1. The molecule has 1 N–H and O–H groups in total. The minimum atomic E-state index is -3.52. The van der Waals surface area contributed by atoms with Gasteiger partial charge in [0.25, 0.3) is 5.69 Å². The Morgan fingerprint density at radius 1 is 1.32 bits per heavy atom. The molecule has 0 saturated carbocycles.